The molecule has 0 aliphatic heterocycles. The highest BCUT2D eigenvalue weighted by atomic mass is 32.2. The number of aromatic hydroxyl groups is 1. The lowest BCUT2D eigenvalue weighted by Crippen LogP contribution is -2.27. The molecule has 1 fully saturated rings. The van der Waals surface area contributed by atoms with Crippen molar-refractivity contribution in [2.24, 2.45) is 0 Å². The summed E-state index contributed by atoms with van der Waals surface area (Å²) in [6, 6.07) is 15.1. The molecule has 182 valence electrons. The van der Waals surface area contributed by atoms with Gasteiger partial charge in [-0.05, 0) is 67.0 Å². The van der Waals surface area contributed by atoms with Gasteiger partial charge in [0.15, 0.2) is 4.90 Å². The SMILES string of the molecule is CCCCc1nc(=O)c(S(=O)(=O)c2ccc(C3CC3)cc2)c(O)n1[C@@H](CC)c1cccc(C#N)c1. The van der Waals surface area contributed by atoms with Crippen LogP contribution in [0.2, 0.25) is 0 Å². The number of unbranched alkanes of at least 4 members (excludes halogenated alkanes) is 1. The van der Waals surface area contributed by atoms with Crippen LogP contribution in [-0.4, -0.2) is 23.1 Å². The smallest absolute Gasteiger partial charge is 0.296 e. The summed E-state index contributed by atoms with van der Waals surface area (Å²) in [5.41, 5.74) is 1.29. The first-order chi connectivity index (χ1) is 16.8. The Bertz CT molecular complexity index is 1430. The number of aryl methyl sites for hydroxylation is 1. The van der Waals surface area contributed by atoms with E-state index in [2.05, 4.69) is 11.1 Å². The summed E-state index contributed by atoms with van der Waals surface area (Å²) in [6.45, 7) is 3.90. The van der Waals surface area contributed by atoms with E-state index in [-0.39, 0.29) is 4.90 Å². The third kappa shape index (κ3) is 4.87. The molecule has 4 rings (SSSR count). The Morgan fingerprint density at radius 3 is 2.49 bits per heavy atom. The normalized spacial score (nSPS) is 14.4. The quantitative estimate of drug-likeness (QED) is 0.457. The second-order valence-electron chi connectivity index (χ2n) is 8.97. The van der Waals surface area contributed by atoms with Crippen molar-refractivity contribution in [1.29, 1.82) is 5.26 Å². The lowest BCUT2D eigenvalue weighted by atomic mass is 10.0. The van der Waals surface area contributed by atoms with Crippen LogP contribution in [0.4, 0.5) is 0 Å². The zero-order chi connectivity index (χ0) is 25.2. The van der Waals surface area contributed by atoms with Crippen molar-refractivity contribution >= 4 is 9.84 Å². The zero-order valence-electron chi connectivity index (χ0n) is 19.9. The molecule has 3 aromatic rings. The Morgan fingerprint density at radius 1 is 1.17 bits per heavy atom. The third-order valence-corrected chi connectivity index (χ3v) is 8.28. The van der Waals surface area contributed by atoms with E-state index in [1.165, 1.54) is 16.7 Å². The van der Waals surface area contributed by atoms with Crippen molar-refractivity contribution in [2.75, 3.05) is 0 Å². The van der Waals surface area contributed by atoms with Crippen LogP contribution in [0.15, 0.2) is 63.1 Å². The van der Waals surface area contributed by atoms with E-state index in [9.17, 15) is 23.6 Å². The zero-order valence-corrected chi connectivity index (χ0v) is 20.8. The molecule has 1 aliphatic rings. The van der Waals surface area contributed by atoms with E-state index < -0.39 is 32.2 Å². The van der Waals surface area contributed by atoms with Gasteiger partial charge in [-0.15, -0.1) is 0 Å². The summed E-state index contributed by atoms with van der Waals surface area (Å²) in [5, 5.41) is 20.7. The predicted octanol–water partition coefficient (Wildman–Crippen LogP) is 4.87. The average molecular weight is 492 g/mol. The number of sulfone groups is 1. The van der Waals surface area contributed by atoms with Gasteiger partial charge in [0.05, 0.1) is 22.6 Å². The number of aromatic nitrogens is 2. The monoisotopic (exact) mass is 491 g/mol. The van der Waals surface area contributed by atoms with Gasteiger partial charge in [-0.3, -0.25) is 9.36 Å². The molecule has 0 unspecified atom stereocenters. The van der Waals surface area contributed by atoms with Crippen LogP contribution < -0.4 is 5.56 Å². The Kier molecular flexibility index (Phi) is 7.08. The molecule has 35 heavy (non-hydrogen) atoms. The van der Waals surface area contributed by atoms with Gasteiger partial charge in [0.1, 0.15) is 5.82 Å². The molecule has 1 heterocycles. The van der Waals surface area contributed by atoms with Crippen LogP contribution in [0, 0.1) is 11.3 Å². The van der Waals surface area contributed by atoms with Crippen LogP contribution in [0.25, 0.3) is 0 Å². The molecule has 0 amide bonds. The first-order valence-corrected chi connectivity index (χ1v) is 13.5. The Morgan fingerprint density at radius 2 is 1.89 bits per heavy atom. The molecule has 0 spiro atoms. The van der Waals surface area contributed by atoms with E-state index in [0.29, 0.717) is 30.1 Å². The lowest BCUT2D eigenvalue weighted by Gasteiger charge is -2.25. The first-order valence-electron chi connectivity index (χ1n) is 12.0. The molecule has 7 nitrogen and oxygen atoms in total. The fourth-order valence-electron chi connectivity index (χ4n) is 4.46. The number of hydrogen-bond acceptors (Lipinski definition) is 6. The standard InChI is InChI=1S/C27H29N3O4S/c1-3-5-9-24-29-26(31)25(35(33,34)22-14-12-20(13-15-22)19-10-11-19)27(32)30(24)23(4-2)21-8-6-7-18(16-21)17-28/h6-8,12-16,19,23,32H,3-5,9-11H2,1-2H3/t23-/m0/s1. The maximum atomic E-state index is 13.5. The molecule has 0 bridgehead atoms. The van der Waals surface area contributed by atoms with E-state index in [4.69, 9.17) is 0 Å². The summed E-state index contributed by atoms with van der Waals surface area (Å²) in [7, 11) is -4.32. The summed E-state index contributed by atoms with van der Waals surface area (Å²) in [5.74, 6) is 0.176. The van der Waals surface area contributed by atoms with Gasteiger partial charge in [-0.25, -0.2) is 8.42 Å². The number of hydrogen-bond donors (Lipinski definition) is 1. The minimum Gasteiger partial charge on any atom is -0.493 e. The van der Waals surface area contributed by atoms with Crippen LogP contribution in [0.5, 0.6) is 5.88 Å². The number of benzene rings is 2. The summed E-state index contributed by atoms with van der Waals surface area (Å²) in [6.07, 6.45) is 4.63. The van der Waals surface area contributed by atoms with Gasteiger partial charge in [-0.2, -0.15) is 10.2 Å². The molecular formula is C27H29N3O4S. The fourth-order valence-corrected chi connectivity index (χ4v) is 5.80. The summed E-state index contributed by atoms with van der Waals surface area (Å²) >= 11 is 0. The van der Waals surface area contributed by atoms with Crippen LogP contribution >= 0.6 is 0 Å². The Hall–Kier alpha value is -3.44. The van der Waals surface area contributed by atoms with Crippen LogP contribution in [0.1, 0.15) is 80.4 Å². The van der Waals surface area contributed by atoms with E-state index >= 15 is 0 Å². The maximum Gasteiger partial charge on any atom is 0.296 e. The molecule has 1 saturated carbocycles. The van der Waals surface area contributed by atoms with Gasteiger partial charge >= 0.3 is 0 Å². The van der Waals surface area contributed by atoms with E-state index in [1.54, 1.807) is 30.3 Å². The van der Waals surface area contributed by atoms with Gasteiger partial charge < -0.3 is 5.11 Å². The first kappa shape index (κ1) is 24.7. The Balaban J connectivity index is 1.89. The molecule has 0 saturated heterocycles. The fraction of sp³-hybridized carbons (Fsp3) is 0.370. The van der Waals surface area contributed by atoms with Crippen LogP contribution in [-0.2, 0) is 16.3 Å². The molecule has 1 aromatic heterocycles. The molecular weight excluding hydrogens is 462 g/mol. The van der Waals surface area contributed by atoms with Gasteiger partial charge in [-0.1, -0.05) is 44.5 Å². The maximum absolute atomic E-state index is 13.5. The van der Waals surface area contributed by atoms with Crippen LogP contribution in [0.3, 0.4) is 0 Å². The second-order valence-corrected chi connectivity index (χ2v) is 10.9. The van der Waals surface area contributed by atoms with Gasteiger partial charge in [0.2, 0.25) is 15.7 Å². The molecule has 0 radical (unpaired) electrons. The average Bonchev–Trinajstić information content (AvgIpc) is 3.70. The molecule has 1 aliphatic carbocycles. The minimum atomic E-state index is -4.32. The van der Waals surface area contributed by atoms with Crippen molar-refractivity contribution in [3.8, 4) is 11.9 Å². The van der Waals surface area contributed by atoms with Crippen molar-refractivity contribution in [3.05, 3.63) is 81.4 Å². The van der Waals surface area contributed by atoms with Gasteiger partial charge in [0.25, 0.3) is 5.56 Å². The minimum absolute atomic E-state index is 0.0523. The second kappa shape index (κ2) is 10.0. The summed E-state index contributed by atoms with van der Waals surface area (Å²) < 4.78 is 28.5. The molecule has 2 aromatic carbocycles. The highest BCUT2D eigenvalue weighted by Gasteiger charge is 2.32. The highest BCUT2D eigenvalue weighted by Crippen LogP contribution is 2.40. The lowest BCUT2D eigenvalue weighted by molar-refractivity contribution is 0.358. The van der Waals surface area contributed by atoms with Crippen molar-refractivity contribution in [3.63, 3.8) is 0 Å². The largest absolute Gasteiger partial charge is 0.493 e. The Labute approximate surface area is 205 Å². The molecule has 1 atom stereocenters. The van der Waals surface area contributed by atoms with Crippen molar-refractivity contribution < 1.29 is 13.5 Å². The topological polar surface area (TPSA) is 113 Å². The number of rotatable bonds is 9. The highest BCUT2D eigenvalue weighted by molar-refractivity contribution is 7.91. The molecule has 8 heteroatoms. The van der Waals surface area contributed by atoms with Gasteiger partial charge in [0, 0.05) is 6.42 Å². The van der Waals surface area contributed by atoms with E-state index in [0.717, 1.165) is 36.8 Å². The van der Waals surface area contributed by atoms with E-state index in [1.807, 2.05) is 19.9 Å². The van der Waals surface area contributed by atoms with Crippen molar-refractivity contribution in [1.82, 2.24) is 9.55 Å². The summed E-state index contributed by atoms with van der Waals surface area (Å²) in [4.78, 5) is 16.4. The predicted molar refractivity (Wildman–Crippen MR) is 132 cm³/mol. The van der Waals surface area contributed by atoms with Crippen molar-refractivity contribution in [2.45, 2.75) is 74.1 Å². The number of nitriles is 1. The number of nitrogens with zero attached hydrogens (tertiary/aromatic N) is 3. The third-order valence-electron chi connectivity index (χ3n) is 6.49. The molecule has 1 N–H and O–H groups in total.